The maximum atomic E-state index is 11.6. The molecule has 0 radical (unpaired) electrons. The number of anilines is 2. The van der Waals surface area contributed by atoms with Crippen molar-refractivity contribution in [3.8, 4) is 0 Å². The van der Waals surface area contributed by atoms with E-state index in [1.54, 1.807) is 13.0 Å². The monoisotopic (exact) mass is 278 g/mol. The van der Waals surface area contributed by atoms with Crippen LogP contribution in [0.3, 0.4) is 0 Å². The summed E-state index contributed by atoms with van der Waals surface area (Å²) in [6.07, 6.45) is 1.43. The average Bonchev–Trinajstić information content (AvgIpc) is 2.81. The van der Waals surface area contributed by atoms with Gasteiger partial charge < -0.3 is 10.4 Å². The Morgan fingerprint density at radius 2 is 2.11 bits per heavy atom. The molecule has 1 aromatic carbocycles. The third-order valence-electron chi connectivity index (χ3n) is 2.31. The summed E-state index contributed by atoms with van der Waals surface area (Å²) in [7, 11) is 0. The molecule has 0 fully saturated rings. The molecule has 7 nitrogen and oxygen atoms in total. The van der Waals surface area contributed by atoms with E-state index in [0.717, 1.165) is 11.5 Å². The van der Waals surface area contributed by atoms with E-state index in [1.165, 1.54) is 18.3 Å². The number of rotatable bonds is 3. The Kier molecular flexibility index (Phi) is 3.71. The van der Waals surface area contributed by atoms with E-state index in [1.807, 2.05) is 0 Å². The number of carboxylic acid groups (broad SMARTS) is 1. The summed E-state index contributed by atoms with van der Waals surface area (Å²) in [5.74, 6) is -0.996. The van der Waals surface area contributed by atoms with Gasteiger partial charge in [0, 0.05) is 17.2 Å². The van der Waals surface area contributed by atoms with Gasteiger partial charge >= 0.3 is 12.0 Å². The molecular formula is C11H10N4O3S. The molecule has 0 saturated heterocycles. The molecule has 0 aliphatic heterocycles. The fraction of sp³-hybridized carbons (Fsp3) is 0.0909. The summed E-state index contributed by atoms with van der Waals surface area (Å²) in [4.78, 5) is 22.5. The molecule has 0 spiro atoms. The van der Waals surface area contributed by atoms with Crippen LogP contribution in [0.1, 0.15) is 15.9 Å². The number of aryl methyl sites for hydroxylation is 1. The minimum absolute atomic E-state index is 0.206. The van der Waals surface area contributed by atoms with Gasteiger partial charge in [-0.2, -0.15) is 0 Å². The summed E-state index contributed by atoms with van der Waals surface area (Å²) < 4.78 is 3.61. The number of carboxylic acids is 1. The van der Waals surface area contributed by atoms with E-state index in [0.29, 0.717) is 16.3 Å². The SMILES string of the molecule is Cc1cc(NC(=O)Nc2cnns2)ccc1C(=O)O. The molecule has 3 N–H and O–H groups in total. The second-order valence-electron chi connectivity index (χ2n) is 3.70. The normalized spacial score (nSPS) is 9.95. The number of carbonyl (C=O) groups excluding carboxylic acids is 1. The maximum absolute atomic E-state index is 11.6. The van der Waals surface area contributed by atoms with Crippen molar-refractivity contribution >= 4 is 34.2 Å². The number of nitrogens with zero attached hydrogens (tertiary/aromatic N) is 2. The highest BCUT2D eigenvalue weighted by atomic mass is 32.1. The Bertz CT molecular complexity index is 612. The first-order valence-electron chi connectivity index (χ1n) is 5.25. The predicted octanol–water partition coefficient (Wildman–Crippen LogP) is 2.19. The van der Waals surface area contributed by atoms with Crippen molar-refractivity contribution in [1.82, 2.24) is 9.59 Å². The van der Waals surface area contributed by atoms with Gasteiger partial charge in [-0.3, -0.25) is 5.32 Å². The Balaban J connectivity index is 2.05. The highest BCUT2D eigenvalue weighted by Crippen LogP contribution is 2.16. The predicted molar refractivity (Wildman–Crippen MR) is 70.7 cm³/mol. The number of amides is 2. The third-order valence-corrected chi connectivity index (χ3v) is 2.89. The lowest BCUT2D eigenvalue weighted by Crippen LogP contribution is -2.19. The Morgan fingerprint density at radius 3 is 2.68 bits per heavy atom. The van der Waals surface area contributed by atoms with Crippen molar-refractivity contribution < 1.29 is 14.7 Å². The zero-order valence-corrected chi connectivity index (χ0v) is 10.7. The fourth-order valence-electron chi connectivity index (χ4n) is 1.48. The molecular weight excluding hydrogens is 268 g/mol. The molecule has 2 rings (SSSR count). The van der Waals surface area contributed by atoms with Crippen molar-refractivity contribution in [1.29, 1.82) is 0 Å². The Labute approximate surface area is 112 Å². The van der Waals surface area contributed by atoms with Crippen LogP contribution >= 0.6 is 11.5 Å². The molecule has 98 valence electrons. The van der Waals surface area contributed by atoms with E-state index < -0.39 is 12.0 Å². The average molecular weight is 278 g/mol. The first kappa shape index (κ1) is 13.0. The number of benzene rings is 1. The number of aromatic nitrogens is 2. The van der Waals surface area contributed by atoms with Crippen molar-refractivity contribution in [2.75, 3.05) is 10.6 Å². The first-order chi connectivity index (χ1) is 9.06. The topological polar surface area (TPSA) is 104 Å². The molecule has 0 unspecified atom stereocenters. The molecule has 0 aliphatic rings. The largest absolute Gasteiger partial charge is 0.478 e. The van der Waals surface area contributed by atoms with Crippen LogP contribution in [0.25, 0.3) is 0 Å². The molecule has 1 heterocycles. The van der Waals surface area contributed by atoms with Gasteiger partial charge in [0.1, 0.15) is 5.00 Å². The maximum Gasteiger partial charge on any atom is 0.335 e. The molecule has 0 aliphatic carbocycles. The molecule has 0 atom stereocenters. The van der Waals surface area contributed by atoms with Crippen LogP contribution in [0, 0.1) is 6.92 Å². The highest BCUT2D eigenvalue weighted by molar-refractivity contribution is 7.10. The second kappa shape index (κ2) is 5.44. The van der Waals surface area contributed by atoms with Crippen LogP contribution < -0.4 is 10.6 Å². The van der Waals surface area contributed by atoms with Crippen LogP contribution in [-0.4, -0.2) is 26.7 Å². The molecule has 2 amide bonds. The van der Waals surface area contributed by atoms with Gasteiger partial charge in [0.15, 0.2) is 0 Å². The van der Waals surface area contributed by atoms with Gasteiger partial charge in [-0.25, -0.2) is 9.59 Å². The lowest BCUT2D eigenvalue weighted by atomic mass is 10.1. The highest BCUT2D eigenvalue weighted by Gasteiger charge is 2.09. The number of nitrogens with one attached hydrogen (secondary N) is 2. The number of carbonyl (C=O) groups is 2. The standard InChI is InChI=1S/C11H10N4O3S/c1-6-4-7(2-3-8(6)10(16)17)13-11(18)14-9-5-12-15-19-9/h2-5H,1H3,(H,16,17)(H2,13,14,18). The van der Waals surface area contributed by atoms with Crippen molar-refractivity contribution in [3.63, 3.8) is 0 Å². The van der Waals surface area contributed by atoms with Gasteiger partial charge in [-0.05, 0) is 30.7 Å². The minimum Gasteiger partial charge on any atom is -0.478 e. The van der Waals surface area contributed by atoms with E-state index >= 15 is 0 Å². The molecule has 2 aromatic rings. The Hall–Kier alpha value is -2.48. The Morgan fingerprint density at radius 1 is 1.32 bits per heavy atom. The third kappa shape index (κ3) is 3.26. The summed E-state index contributed by atoms with van der Waals surface area (Å²) in [6.45, 7) is 1.67. The van der Waals surface area contributed by atoms with Gasteiger partial charge in [-0.15, -0.1) is 5.10 Å². The summed E-state index contributed by atoms with van der Waals surface area (Å²) in [6, 6.07) is 4.13. The van der Waals surface area contributed by atoms with Crippen molar-refractivity contribution in [2.24, 2.45) is 0 Å². The van der Waals surface area contributed by atoms with Crippen LogP contribution in [0.2, 0.25) is 0 Å². The second-order valence-corrected chi connectivity index (χ2v) is 4.48. The first-order valence-corrected chi connectivity index (χ1v) is 6.03. The lowest BCUT2D eigenvalue weighted by Gasteiger charge is -2.07. The van der Waals surface area contributed by atoms with Gasteiger partial charge in [-0.1, -0.05) is 4.49 Å². The van der Waals surface area contributed by atoms with Gasteiger partial charge in [0.05, 0.1) is 11.8 Å². The molecule has 0 saturated carbocycles. The summed E-state index contributed by atoms with van der Waals surface area (Å²) >= 11 is 1.06. The van der Waals surface area contributed by atoms with E-state index in [-0.39, 0.29) is 5.56 Å². The van der Waals surface area contributed by atoms with Gasteiger partial charge in [0.25, 0.3) is 0 Å². The number of aromatic carboxylic acids is 1. The molecule has 8 heteroatoms. The zero-order chi connectivity index (χ0) is 13.8. The lowest BCUT2D eigenvalue weighted by molar-refractivity contribution is 0.0696. The van der Waals surface area contributed by atoms with Crippen molar-refractivity contribution in [2.45, 2.75) is 6.92 Å². The van der Waals surface area contributed by atoms with Crippen molar-refractivity contribution in [3.05, 3.63) is 35.5 Å². The minimum atomic E-state index is -0.996. The smallest absolute Gasteiger partial charge is 0.335 e. The van der Waals surface area contributed by atoms with Gasteiger partial charge in [0.2, 0.25) is 0 Å². The molecule has 0 bridgehead atoms. The number of hydrogen-bond donors (Lipinski definition) is 3. The van der Waals surface area contributed by atoms with E-state index in [4.69, 9.17) is 5.11 Å². The molecule has 1 aromatic heterocycles. The zero-order valence-electron chi connectivity index (χ0n) is 9.88. The van der Waals surface area contributed by atoms with E-state index in [2.05, 4.69) is 20.2 Å². The van der Waals surface area contributed by atoms with Crippen LogP contribution in [0.4, 0.5) is 15.5 Å². The number of hydrogen-bond acceptors (Lipinski definition) is 5. The fourth-order valence-corrected chi connectivity index (χ4v) is 1.89. The van der Waals surface area contributed by atoms with Crippen LogP contribution in [-0.2, 0) is 0 Å². The quantitative estimate of drug-likeness (QED) is 0.798. The molecule has 19 heavy (non-hydrogen) atoms. The van der Waals surface area contributed by atoms with Crippen LogP contribution in [0.5, 0.6) is 0 Å². The summed E-state index contributed by atoms with van der Waals surface area (Å²) in [5, 5.41) is 18.2. The van der Waals surface area contributed by atoms with E-state index in [9.17, 15) is 9.59 Å². The van der Waals surface area contributed by atoms with Crippen LogP contribution in [0.15, 0.2) is 24.4 Å². The summed E-state index contributed by atoms with van der Waals surface area (Å²) in [5.41, 5.74) is 1.29. The number of urea groups is 1.